The summed E-state index contributed by atoms with van der Waals surface area (Å²) in [4.78, 5) is 10.1. The Morgan fingerprint density at radius 3 is 2.31 bits per heavy atom. The number of benzene rings is 1. The van der Waals surface area contributed by atoms with Gasteiger partial charge < -0.3 is 5.73 Å². The van der Waals surface area contributed by atoms with Crippen molar-refractivity contribution in [3.8, 4) is 11.8 Å². The number of aryl methyl sites for hydroxylation is 2. The first-order valence-electron chi connectivity index (χ1n) is 3.97. The molecule has 0 spiro atoms. The molecule has 66 valence electrons. The maximum Gasteiger partial charge on any atom is 0.193 e. The molecule has 0 unspecified atom stereocenters. The van der Waals surface area contributed by atoms with Gasteiger partial charge in [-0.25, -0.2) is 0 Å². The summed E-state index contributed by atoms with van der Waals surface area (Å²) in [5.74, 6) is 5.18. The first-order chi connectivity index (χ1) is 6.15. The SMILES string of the molecule is Cc1cc(N)cc(C)c1C#CC=O. The Kier molecular flexibility index (Phi) is 2.71. The second kappa shape index (κ2) is 3.77. The van der Waals surface area contributed by atoms with E-state index in [9.17, 15) is 4.79 Å². The van der Waals surface area contributed by atoms with Gasteiger partial charge in [-0.05, 0) is 43.0 Å². The Labute approximate surface area is 77.8 Å². The standard InChI is InChI=1S/C11H11NO/c1-8-6-10(12)7-9(2)11(8)4-3-5-13/h5-7H,12H2,1-2H3. The quantitative estimate of drug-likeness (QED) is 0.366. The van der Waals surface area contributed by atoms with Gasteiger partial charge in [0.15, 0.2) is 6.29 Å². The van der Waals surface area contributed by atoms with Crippen LogP contribution >= 0.6 is 0 Å². The van der Waals surface area contributed by atoms with Gasteiger partial charge in [-0.3, -0.25) is 4.79 Å². The molecule has 1 aromatic carbocycles. The molecular weight excluding hydrogens is 162 g/mol. The van der Waals surface area contributed by atoms with E-state index in [0.29, 0.717) is 6.29 Å². The van der Waals surface area contributed by atoms with Crippen LogP contribution in [0, 0.1) is 25.7 Å². The van der Waals surface area contributed by atoms with E-state index in [0.717, 1.165) is 22.4 Å². The molecule has 13 heavy (non-hydrogen) atoms. The van der Waals surface area contributed by atoms with Gasteiger partial charge in [0.05, 0.1) is 0 Å². The molecule has 0 aliphatic heterocycles. The van der Waals surface area contributed by atoms with Crippen LogP contribution in [0.25, 0.3) is 0 Å². The predicted octanol–water partition coefficient (Wildman–Crippen LogP) is 1.44. The van der Waals surface area contributed by atoms with Gasteiger partial charge in [0.25, 0.3) is 0 Å². The molecule has 1 aromatic rings. The van der Waals surface area contributed by atoms with E-state index in [2.05, 4.69) is 11.8 Å². The molecule has 0 amide bonds. The van der Waals surface area contributed by atoms with Gasteiger partial charge in [0.2, 0.25) is 0 Å². The highest BCUT2D eigenvalue weighted by Gasteiger charge is 1.99. The van der Waals surface area contributed by atoms with Crippen LogP contribution in [0.2, 0.25) is 0 Å². The van der Waals surface area contributed by atoms with Crippen molar-refractivity contribution >= 4 is 12.0 Å². The fourth-order valence-electron chi connectivity index (χ4n) is 1.30. The molecule has 0 aliphatic rings. The largest absolute Gasteiger partial charge is 0.399 e. The number of anilines is 1. The zero-order valence-electron chi connectivity index (χ0n) is 7.72. The average molecular weight is 173 g/mol. The summed E-state index contributed by atoms with van der Waals surface area (Å²) < 4.78 is 0. The zero-order valence-corrected chi connectivity index (χ0v) is 7.72. The Hall–Kier alpha value is -1.75. The van der Waals surface area contributed by atoms with Crippen LogP contribution in [0.5, 0.6) is 0 Å². The first-order valence-corrected chi connectivity index (χ1v) is 3.97. The minimum Gasteiger partial charge on any atom is -0.399 e. The van der Waals surface area contributed by atoms with Crippen LogP contribution in [0.1, 0.15) is 16.7 Å². The lowest BCUT2D eigenvalue weighted by molar-refractivity contribution is -0.103. The van der Waals surface area contributed by atoms with E-state index in [1.165, 1.54) is 0 Å². The molecule has 0 atom stereocenters. The molecule has 0 heterocycles. The summed E-state index contributed by atoms with van der Waals surface area (Å²) in [6.07, 6.45) is 0.592. The number of aldehydes is 1. The van der Waals surface area contributed by atoms with Crippen molar-refractivity contribution in [2.75, 3.05) is 5.73 Å². The van der Waals surface area contributed by atoms with Crippen molar-refractivity contribution in [2.45, 2.75) is 13.8 Å². The maximum atomic E-state index is 10.1. The molecule has 0 bridgehead atoms. The van der Waals surface area contributed by atoms with Gasteiger partial charge in [0, 0.05) is 11.3 Å². The van der Waals surface area contributed by atoms with E-state index in [1.54, 1.807) is 0 Å². The van der Waals surface area contributed by atoms with Crippen molar-refractivity contribution < 1.29 is 4.79 Å². The monoisotopic (exact) mass is 173 g/mol. The molecule has 0 aliphatic carbocycles. The lowest BCUT2D eigenvalue weighted by Crippen LogP contribution is -1.92. The van der Waals surface area contributed by atoms with Crippen LogP contribution in [0.4, 0.5) is 5.69 Å². The summed E-state index contributed by atoms with van der Waals surface area (Å²) >= 11 is 0. The average Bonchev–Trinajstić information content (AvgIpc) is 2.02. The molecular formula is C11H11NO. The molecule has 2 nitrogen and oxygen atoms in total. The van der Waals surface area contributed by atoms with Gasteiger partial charge >= 0.3 is 0 Å². The second-order valence-corrected chi connectivity index (χ2v) is 2.92. The fraction of sp³-hybridized carbons (Fsp3) is 0.182. The van der Waals surface area contributed by atoms with Gasteiger partial charge in [-0.2, -0.15) is 0 Å². The van der Waals surface area contributed by atoms with E-state index in [4.69, 9.17) is 5.73 Å². The highest BCUT2D eigenvalue weighted by atomic mass is 16.1. The van der Waals surface area contributed by atoms with E-state index >= 15 is 0 Å². The zero-order chi connectivity index (χ0) is 9.84. The number of hydrogen-bond donors (Lipinski definition) is 1. The van der Waals surface area contributed by atoms with Crippen molar-refractivity contribution in [1.82, 2.24) is 0 Å². The highest BCUT2D eigenvalue weighted by Crippen LogP contribution is 2.16. The highest BCUT2D eigenvalue weighted by molar-refractivity contribution is 5.74. The summed E-state index contributed by atoms with van der Waals surface area (Å²) in [5.41, 5.74) is 9.27. The van der Waals surface area contributed by atoms with Crippen LogP contribution in [-0.4, -0.2) is 6.29 Å². The van der Waals surface area contributed by atoms with Crippen molar-refractivity contribution in [3.63, 3.8) is 0 Å². The number of hydrogen-bond acceptors (Lipinski definition) is 2. The van der Waals surface area contributed by atoms with Crippen LogP contribution in [-0.2, 0) is 4.79 Å². The lowest BCUT2D eigenvalue weighted by atomic mass is 10.0. The number of carbonyl (C=O) groups excluding carboxylic acids is 1. The Bertz CT molecular complexity index is 373. The normalized spacial score (nSPS) is 8.77. The van der Waals surface area contributed by atoms with Gasteiger partial charge in [-0.1, -0.05) is 5.92 Å². The Morgan fingerprint density at radius 2 is 1.85 bits per heavy atom. The Balaban J connectivity index is 3.28. The second-order valence-electron chi connectivity index (χ2n) is 2.92. The molecule has 2 heteroatoms. The summed E-state index contributed by atoms with van der Waals surface area (Å²) in [5, 5.41) is 0. The fourth-order valence-corrected chi connectivity index (χ4v) is 1.30. The molecule has 0 fully saturated rings. The van der Waals surface area contributed by atoms with Crippen molar-refractivity contribution in [3.05, 3.63) is 28.8 Å². The first kappa shape index (κ1) is 9.34. The summed E-state index contributed by atoms with van der Waals surface area (Å²) in [6.45, 7) is 3.86. The third-order valence-corrected chi connectivity index (χ3v) is 1.81. The molecule has 1 rings (SSSR count). The number of rotatable bonds is 0. The maximum absolute atomic E-state index is 10.1. The molecule has 2 N–H and O–H groups in total. The molecule has 0 aromatic heterocycles. The smallest absolute Gasteiger partial charge is 0.193 e. The van der Waals surface area contributed by atoms with E-state index < -0.39 is 0 Å². The minimum atomic E-state index is 0.592. The van der Waals surface area contributed by atoms with E-state index in [1.807, 2.05) is 26.0 Å². The topological polar surface area (TPSA) is 43.1 Å². The van der Waals surface area contributed by atoms with Crippen LogP contribution < -0.4 is 5.73 Å². The number of nitrogen functional groups attached to an aromatic ring is 1. The minimum absolute atomic E-state index is 0.592. The van der Waals surface area contributed by atoms with Crippen LogP contribution in [0.15, 0.2) is 12.1 Å². The van der Waals surface area contributed by atoms with Gasteiger partial charge in [0.1, 0.15) is 0 Å². The van der Waals surface area contributed by atoms with Gasteiger partial charge in [-0.15, -0.1) is 0 Å². The molecule has 0 radical (unpaired) electrons. The molecule has 0 saturated carbocycles. The third-order valence-electron chi connectivity index (χ3n) is 1.81. The summed E-state index contributed by atoms with van der Waals surface area (Å²) in [7, 11) is 0. The number of nitrogens with two attached hydrogens (primary N) is 1. The lowest BCUT2D eigenvalue weighted by Gasteiger charge is -2.04. The van der Waals surface area contributed by atoms with Crippen LogP contribution in [0.3, 0.4) is 0 Å². The number of carbonyl (C=O) groups is 1. The predicted molar refractivity (Wildman–Crippen MR) is 53.3 cm³/mol. The van der Waals surface area contributed by atoms with Crippen molar-refractivity contribution in [1.29, 1.82) is 0 Å². The Morgan fingerprint density at radius 1 is 1.31 bits per heavy atom. The van der Waals surface area contributed by atoms with Crippen molar-refractivity contribution in [2.24, 2.45) is 0 Å². The van der Waals surface area contributed by atoms with E-state index in [-0.39, 0.29) is 0 Å². The molecule has 0 saturated heterocycles. The summed E-state index contributed by atoms with van der Waals surface area (Å²) in [6, 6.07) is 3.70. The third kappa shape index (κ3) is 2.09.